The topological polar surface area (TPSA) is 121 Å². The molecule has 8 nitrogen and oxygen atoms in total. The number of carbonyl (C=O) groups excluding carboxylic acids is 1. The lowest BCUT2D eigenvalue weighted by molar-refractivity contribution is -0.137. The molecule has 4 N–H and O–H groups in total. The van der Waals surface area contributed by atoms with Crippen LogP contribution in [-0.2, 0) is 24.2 Å². The summed E-state index contributed by atoms with van der Waals surface area (Å²) in [6.07, 6.45) is 3.96. The summed E-state index contributed by atoms with van der Waals surface area (Å²) in [7, 11) is 0. The number of aliphatic carboxylic acids is 1. The first-order chi connectivity index (χ1) is 17.8. The fourth-order valence-corrected chi connectivity index (χ4v) is 5.21. The molecular weight excluding hydrogens is 494 g/mol. The van der Waals surface area contributed by atoms with Crippen molar-refractivity contribution in [3.63, 3.8) is 0 Å². The number of aromatic hydroxyl groups is 1. The van der Waals surface area contributed by atoms with Crippen LogP contribution in [0.2, 0.25) is 5.02 Å². The molecule has 192 valence electrons. The number of fused-ring (bicyclic) bond motifs is 1. The van der Waals surface area contributed by atoms with Gasteiger partial charge in [0.1, 0.15) is 5.75 Å². The molecular formula is C28H28ClN3O5. The molecule has 0 saturated heterocycles. The lowest BCUT2D eigenvalue weighted by Gasteiger charge is -2.20. The molecule has 3 aromatic rings. The average Bonchev–Trinajstić information content (AvgIpc) is 3.61. The van der Waals surface area contributed by atoms with Gasteiger partial charge in [0.15, 0.2) is 5.69 Å². The third-order valence-corrected chi connectivity index (χ3v) is 7.46. The quantitative estimate of drug-likeness (QED) is 0.334. The maximum atomic E-state index is 13.5. The Morgan fingerprint density at radius 2 is 1.81 bits per heavy atom. The lowest BCUT2D eigenvalue weighted by atomic mass is 10.0. The van der Waals surface area contributed by atoms with Crippen LogP contribution in [0, 0.1) is 0 Å². The summed E-state index contributed by atoms with van der Waals surface area (Å²) < 4.78 is 1.55. The minimum absolute atomic E-state index is 0.201. The number of hydrogen-bond acceptors (Lipinski definition) is 4. The van der Waals surface area contributed by atoms with Gasteiger partial charge in [0.2, 0.25) is 0 Å². The Morgan fingerprint density at radius 1 is 1.08 bits per heavy atom. The molecule has 2 amide bonds. The minimum atomic E-state index is -1.07. The van der Waals surface area contributed by atoms with E-state index in [1.807, 2.05) is 36.4 Å². The van der Waals surface area contributed by atoms with Crippen molar-refractivity contribution >= 4 is 29.3 Å². The summed E-state index contributed by atoms with van der Waals surface area (Å²) in [6, 6.07) is 13.2. The molecule has 2 aliphatic carbocycles. The van der Waals surface area contributed by atoms with Crippen molar-refractivity contribution in [3.05, 3.63) is 91.9 Å². The first-order valence-corrected chi connectivity index (χ1v) is 12.8. The number of nitrogens with zero attached hydrogens (tertiary/aromatic N) is 1. The van der Waals surface area contributed by atoms with Crippen molar-refractivity contribution in [1.82, 2.24) is 9.88 Å². The average molecular weight is 522 g/mol. The minimum Gasteiger partial charge on any atom is -0.505 e. The molecule has 0 radical (unpaired) electrons. The Labute approximate surface area is 218 Å². The highest BCUT2D eigenvalue weighted by molar-refractivity contribution is 6.31. The number of carbonyl (C=O) groups is 2. The van der Waals surface area contributed by atoms with Gasteiger partial charge in [-0.3, -0.25) is 9.59 Å². The Bertz CT molecular complexity index is 1410. The van der Waals surface area contributed by atoms with E-state index < -0.39 is 23.6 Å². The van der Waals surface area contributed by atoms with Crippen molar-refractivity contribution in [2.45, 2.75) is 57.0 Å². The third kappa shape index (κ3) is 5.34. The predicted molar refractivity (Wildman–Crippen MR) is 141 cm³/mol. The van der Waals surface area contributed by atoms with Crippen LogP contribution >= 0.6 is 11.6 Å². The van der Waals surface area contributed by atoms with E-state index in [1.165, 1.54) is 5.56 Å². The zero-order valence-electron chi connectivity index (χ0n) is 20.2. The number of carboxylic acids is 1. The Balaban J connectivity index is 1.41. The van der Waals surface area contributed by atoms with Gasteiger partial charge in [-0.25, -0.2) is 4.79 Å². The van der Waals surface area contributed by atoms with Crippen molar-refractivity contribution in [1.29, 1.82) is 0 Å². The first-order valence-electron chi connectivity index (χ1n) is 12.4. The molecule has 9 heteroatoms. The molecule has 37 heavy (non-hydrogen) atoms. The Hall–Kier alpha value is -3.78. The lowest BCUT2D eigenvalue weighted by Crippen LogP contribution is -2.37. The van der Waals surface area contributed by atoms with Gasteiger partial charge in [-0.05, 0) is 60.8 Å². The van der Waals surface area contributed by atoms with Gasteiger partial charge < -0.3 is 25.4 Å². The largest absolute Gasteiger partial charge is 0.505 e. The standard InChI is InChI=1S/C28H28ClN3O5/c29-21-6-2-1-4-19(21)15-32-23-7-3-5-20(23)26(35)25(27(32)36)31-28(37)30-22(14-24(33)34)18-12-10-17(11-13-18)16-8-9-16/h1-2,4,6,10-13,16,22,35H,3,5,7-9,14-15H2,(H,33,34)(H2,30,31,37)/t22-/m0/s1. The number of halogens is 1. The second-order valence-corrected chi connectivity index (χ2v) is 10.1. The van der Waals surface area contributed by atoms with E-state index in [0.717, 1.165) is 30.5 Å². The molecule has 0 bridgehead atoms. The van der Waals surface area contributed by atoms with Crippen LogP contribution < -0.4 is 16.2 Å². The van der Waals surface area contributed by atoms with E-state index in [-0.39, 0.29) is 24.4 Å². The SMILES string of the molecule is O=C(O)C[C@H](NC(=O)Nc1c(O)c2c(n(Cc3ccccc3Cl)c1=O)CCC2)c1ccc(C2CC2)cc1. The van der Waals surface area contributed by atoms with Crippen LogP contribution in [0.25, 0.3) is 0 Å². The number of anilines is 1. The second kappa shape index (κ2) is 10.3. The summed E-state index contributed by atoms with van der Waals surface area (Å²) in [5.41, 5.74) is 3.17. The van der Waals surface area contributed by atoms with E-state index in [1.54, 1.807) is 16.7 Å². The highest BCUT2D eigenvalue weighted by Gasteiger charge is 2.28. The van der Waals surface area contributed by atoms with Crippen LogP contribution in [0.1, 0.15) is 65.6 Å². The van der Waals surface area contributed by atoms with Crippen LogP contribution in [-0.4, -0.2) is 26.8 Å². The second-order valence-electron chi connectivity index (χ2n) is 9.67. The van der Waals surface area contributed by atoms with E-state index in [4.69, 9.17) is 11.6 Å². The molecule has 2 aliphatic rings. The van der Waals surface area contributed by atoms with Gasteiger partial charge in [0.05, 0.1) is 19.0 Å². The number of pyridine rings is 1. The molecule has 1 heterocycles. The third-order valence-electron chi connectivity index (χ3n) is 7.09. The molecule has 0 unspecified atom stereocenters. The fraction of sp³-hybridized carbons (Fsp3) is 0.321. The summed E-state index contributed by atoms with van der Waals surface area (Å²) >= 11 is 6.33. The van der Waals surface area contributed by atoms with Gasteiger partial charge >= 0.3 is 12.0 Å². The van der Waals surface area contributed by atoms with Crippen molar-refractivity contribution in [3.8, 4) is 5.75 Å². The summed E-state index contributed by atoms with van der Waals surface area (Å²) in [4.78, 5) is 38.0. The van der Waals surface area contributed by atoms with Gasteiger partial charge in [-0.1, -0.05) is 54.1 Å². The van der Waals surface area contributed by atoms with Gasteiger partial charge in [0.25, 0.3) is 5.56 Å². The molecule has 1 saturated carbocycles. The van der Waals surface area contributed by atoms with Gasteiger partial charge in [-0.15, -0.1) is 0 Å². The number of rotatable bonds is 8. The van der Waals surface area contributed by atoms with Crippen LogP contribution in [0.4, 0.5) is 10.5 Å². The van der Waals surface area contributed by atoms with Crippen molar-refractivity contribution in [2.75, 3.05) is 5.32 Å². The molecule has 1 aromatic heterocycles. The normalized spacial score (nSPS) is 15.2. The Morgan fingerprint density at radius 3 is 2.49 bits per heavy atom. The van der Waals surface area contributed by atoms with Crippen LogP contribution in [0.5, 0.6) is 5.75 Å². The monoisotopic (exact) mass is 521 g/mol. The number of hydrogen-bond donors (Lipinski definition) is 4. The summed E-state index contributed by atoms with van der Waals surface area (Å²) in [5.74, 6) is -0.760. The first kappa shape index (κ1) is 24.9. The van der Waals surface area contributed by atoms with Crippen molar-refractivity contribution in [2.24, 2.45) is 0 Å². The smallest absolute Gasteiger partial charge is 0.319 e. The number of urea groups is 1. The number of carboxylic acid groups (broad SMARTS) is 1. The summed E-state index contributed by atoms with van der Waals surface area (Å²) in [5, 5.41) is 26.0. The number of nitrogens with one attached hydrogen (secondary N) is 2. The van der Waals surface area contributed by atoms with Crippen LogP contribution in [0.3, 0.4) is 0 Å². The van der Waals surface area contributed by atoms with E-state index >= 15 is 0 Å². The molecule has 1 fully saturated rings. The molecule has 1 atom stereocenters. The van der Waals surface area contributed by atoms with Gasteiger partial charge in [0, 0.05) is 16.3 Å². The van der Waals surface area contributed by atoms with Crippen molar-refractivity contribution < 1.29 is 19.8 Å². The zero-order valence-corrected chi connectivity index (χ0v) is 20.9. The maximum absolute atomic E-state index is 13.5. The summed E-state index contributed by atoms with van der Waals surface area (Å²) in [6.45, 7) is 0.201. The number of amides is 2. The van der Waals surface area contributed by atoms with E-state index in [0.29, 0.717) is 34.9 Å². The molecule has 0 aliphatic heterocycles. The highest BCUT2D eigenvalue weighted by atomic mass is 35.5. The Kier molecular flexibility index (Phi) is 6.93. The number of benzene rings is 2. The molecule has 2 aromatic carbocycles. The zero-order chi connectivity index (χ0) is 26.1. The maximum Gasteiger partial charge on any atom is 0.319 e. The molecule has 0 spiro atoms. The van der Waals surface area contributed by atoms with Gasteiger partial charge in [-0.2, -0.15) is 0 Å². The molecule has 5 rings (SSSR count). The van der Waals surface area contributed by atoms with E-state index in [2.05, 4.69) is 10.6 Å². The fourth-order valence-electron chi connectivity index (χ4n) is 5.02. The number of aromatic nitrogens is 1. The predicted octanol–water partition coefficient (Wildman–Crippen LogP) is 4.96. The van der Waals surface area contributed by atoms with Crippen LogP contribution in [0.15, 0.2) is 53.3 Å². The van der Waals surface area contributed by atoms with E-state index in [9.17, 15) is 24.6 Å². The highest BCUT2D eigenvalue weighted by Crippen LogP contribution is 2.40.